The molecule has 1 saturated carbocycles. The van der Waals surface area contributed by atoms with E-state index < -0.39 is 0 Å². The molecule has 0 bridgehead atoms. The Balaban J connectivity index is 2.27. The van der Waals surface area contributed by atoms with Gasteiger partial charge >= 0.3 is 5.97 Å². The van der Waals surface area contributed by atoms with Crippen LogP contribution >= 0.6 is 0 Å². The maximum atomic E-state index is 11.7. The summed E-state index contributed by atoms with van der Waals surface area (Å²) in [7, 11) is 1.49. The van der Waals surface area contributed by atoms with E-state index >= 15 is 0 Å². The third-order valence-electron chi connectivity index (χ3n) is 5.70. The number of rotatable bonds is 4. The van der Waals surface area contributed by atoms with Gasteiger partial charge in [-0.2, -0.15) is 0 Å². The van der Waals surface area contributed by atoms with E-state index in [1.54, 1.807) is 0 Å². The van der Waals surface area contributed by atoms with E-state index in [-0.39, 0.29) is 16.8 Å². The Bertz CT molecular complexity index is 569. The second kappa shape index (κ2) is 7.51. The first kappa shape index (κ1) is 20.0. The monoisotopic (exact) mass is 344 g/mol. The number of ether oxygens (including phenoxy) is 1. The minimum absolute atomic E-state index is 0.0595. The summed E-state index contributed by atoms with van der Waals surface area (Å²) in [6.07, 6.45) is 5.27. The van der Waals surface area contributed by atoms with Crippen molar-refractivity contribution in [3.8, 4) is 0 Å². The SMILES string of the molecule is COC(=O)C[C@@H]1CCC[C@@H]1Cc1cc(C(C)(C)C)cc(C(C)(C)C)c1. The average Bonchev–Trinajstić information content (AvgIpc) is 2.92. The van der Waals surface area contributed by atoms with Gasteiger partial charge in [-0.05, 0) is 58.6 Å². The number of esters is 1. The zero-order valence-electron chi connectivity index (χ0n) is 17.2. The van der Waals surface area contributed by atoms with Crippen LogP contribution in [0.2, 0.25) is 0 Å². The molecule has 2 rings (SSSR count). The van der Waals surface area contributed by atoms with Crippen molar-refractivity contribution in [3.63, 3.8) is 0 Å². The van der Waals surface area contributed by atoms with Crippen LogP contribution in [0.25, 0.3) is 0 Å². The van der Waals surface area contributed by atoms with Crippen LogP contribution in [0.4, 0.5) is 0 Å². The van der Waals surface area contributed by atoms with Crippen LogP contribution in [0.1, 0.15) is 83.9 Å². The lowest BCUT2D eigenvalue weighted by Crippen LogP contribution is -2.19. The van der Waals surface area contributed by atoms with Crippen molar-refractivity contribution >= 4 is 5.97 Å². The molecule has 0 N–H and O–H groups in total. The standard InChI is InChI=1S/C23H36O2/c1-22(2,3)19-12-16(13-20(15-19)23(4,5)6)11-17-9-8-10-18(17)14-21(24)25-7/h12-13,15,17-18H,8-11,14H2,1-7H3/t17-,18+/m1/s1. The van der Waals surface area contributed by atoms with Gasteiger partial charge in [0.1, 0.15) is 0 Å². The average molecular weight is 345 g/mol. The van der Waals surface area contributed by atoms with E-state index in [9.17, 15) is 4.79 Å². The summed E-state index contributed by atoms with van der Waals surface area (Å²) in [6, 6.07) is 7.16. The van der Waals surface area contributed by atoms with Crippen LogP contribution in [0.5, 0.6) is 0 Å². The molecule has 1 aliphatic rings. The topological polar surface area (TPSA) is 26.3 Å². The molecule has 140 valence electrons. The van der Waals surface area contributed by atoms with Crippen molar-refractivity contribution in [2.45, 2.75) is 84.5 Å². The summed E-state index contributed by atoms with van der Waals surface area (Å²) < 4.78 is 4.90. The fraction of sp³-hybridized carbons (Fsp3) is 0.696. The van der Waals surface area contributed by atoms with E-state index in [2.05, 4.69) is 59.7 Å². The molecule has 0 aromatic heterocycles. The highest BCUT2D eigenvalue weighted by molar-refractivity contribution is 5.69. The van der Waals surface area contributed by atoms with E-state index in [0.29, 0.717) is 18.3 Å². The summed E-state index contributed by atoms with van der Waals surface area (Å²) in [6.45, 7) is 13.7. The third kappa shape index (κ3) is 5.33. The smallest absolute Gasteiger partial charge is 0.305 e. The molecule has 0 saturated heterocycles. The van der Waals surface area contributed by atoms with Crippen molar-refractivity contribution in [1.82, 2.24) is 0 Å². The zero-order valence-corrected chi connectivity index (χ0v) is 17.2. The van der Waals surface area contributed by atoms with Gasteiger partial charge in [-0.1, -0.05) is 66.2 Å². The van der Waals surface area contributed by atoms with Crippen LogP contribution in [0.3, 0.4) is 0 Å². The molecule has 0 spiro atoms. The summed E-state index contributed by atoms with van der Waals surface area (Å²) in [4.78, 5) is 11.7. The molecule has 2 heteroatoms. The molecule has 25 heavy (non-hydrogen) atoms. The normalized spacial score (nSPS) is 21.4. The number of hydrogen-bond donors (Lipinski definition) is 0. The van der Waals surface area contributed by atoms with E-state index in [1.807, 2.05) is 0 Å². The van der Waals surface area contributed by atoms with Gasteiger partial charge in [-0.25, -0.2) is 0 Å². The first-order valence-corrected chi connectivity index (χ1v) is 9.72. The van der Waals surface area contributed by atoms with Crippen molar-refractivity contribution in [2.24, 2.45) is 11.8 Å². The Labute approximate surface area is 154 Å². The molecular formula is C23H36O2. The maximum Gasteiger partial charge on any atom is 0.305 e. The van der Waals surface area contributed by atoms with Crippen LogP contribution in [0, 0.1) is 11.8 Å². The van der Waals surface area contributed by atoms with Crippen molar-refractivity contribution < 1.29 is 9.53 Å². The molecule has 0 unspecified atom stereocenters. The summed E-state index contributed by atoms with van der Waals surface area (Å²) in [5.41, 5.74) is 4.56. The minimum Gasteiger partial charge on any atom is -0.469 e. The second-order valence-corrected chi connectivity index (χ2v) is 9.85. The molecule has 1 fully saturated rings. The highest BCUT2D eigenvalue weighted by Crippen LogP contribution is 2.38. The molecule has 0 radical (unpaired) electrons. The van der Waals surface area contributed by atoms with Gasteiger partial charge < -0.3 is 4.74 Å². The molecule has 0 heterocycles. The molecule has 2 atom stereocenters. The summed E-state index contributed by atoms with van der Waals surface area (Å²) >= 11 is 0. The van der Waals surface area contributed by atoms with Gasteiger partial charge in [-0.15, -0.1) is 0 Å². The predicted octanol–water partition coefficient (Wildman–Crippen LogP) is 5.80. The zero-order chi connectivity index (χ0) is 18.8. The van der Waals surface area contributed by atoms with E-state index in [0.717, 1.165) is 12.8 Å². The number of hydrogen-bond acceptors (Lipinski definition) is 2. The minimum atomic E-state index is -0.0595. The third-order valence-corrected chi connectivity index (χ3v) is 5.70. The lowest BCUT2D eigenvalue weighted by Gasteiger charge is -2.27. The highest BCUT2D eigenvalue weighted by Gasteiger charge is 2.30. The summed E-state index contributed by atoms with van der Waals surface area (Å²) in [5, 5.41) is 0. The van der Waals surface area contributed by atoms with Gasteiger partial charge in [0.05, 0.1) is 7.11 Å². The Morgan fingerprint density at radius 1 is 0.960 bits per heavy atom. The quantitative estimate of drug-likeness (QED) is 0.645. The Kier molecular flexibility index (Phi) is 6.01. The van der Waals surface area contributed by atoms with Gasteiger partial charge in [0.25, 0.3) is 0 Å². The number of carbonyl (C=O) groups excluding carboxylic acids is 1. The largest absolute Gasteiger partial charge is 0.469 e. The van der Waals surface area contributed by atoms with E-state index in [4.69, 9.17) is 4.74 Å². The van der Waals surface area contributed by atoms with Crippen LogP contribution in [-0.4, -0.2) is 13.1 Å². The van der Waals surface area contributed by atoms with Gasteiger partial charge in [0.15, 0.2) is 0 Å². The first-order valence-electron chi connectivity index (χ1n) is 9.72. The lowest BCUT2D eigenvalue weighted by atomic mass is 9.78. The Hall–Kier alpha value is -1.31. The van der Waals surface area contributed by atoms with Gasteiger partial charge in [0, 0.05) is 6.42 Å². The first-order chi connectivity index (χ1) is 11.5. The van der Waals surface area contributed by atoms with Crippen molar-refractivity contribution in [1.29, 1.82) is 0 Å². The molecule has 1 aliphatic carbocycles. The molecule has 2 nitrogen and oxygen atoms in total. The fourth-order valence-electron chi connectivity index (χ4n) is 3.93. The fourth-order valence-corrected chi connectivity index (χ4v) is 3.93. The lowest BCUT2D eigenvalue weighted by molar-refractivity contribution is -0.142. The summed E-state index contributed by atoms with van der Waals surface area (Å²) in [5.74, 6) is 1.02. The van der Waals surface area contributed by atoms with Gasteiger partial charge in [0.2, 0.25) is 0 Å². The predicted molar refractivity (Wildman–Crippen MR) is 105 cm³/mol. The molecule has 1 aromatic rings. The van der Waals surface area contributed by atoms with Crippen LogP contribution < -0.4 is 0 Å². The molecule has 0 amide bonds. The molecular weight excluding hydrogens is 308 g/mol. The van der Waals surface area contributed by atoms with Gasteiger partial charge in [-0.3, -0.25) is 4.79 Å². The second-order valence-electron chi connectivity index (χ2n) is 9.85. The molecule has 0 aliphatic heterocycles. The number of benzene rings is 1. The van der Waals surface area contributed by atoms with Crippen molar-refractivity contribution in [2.75, 3.05) is 7.11 Å². The Morgan fingerprint density at radius 2 is 1.48 bits per heavy atom. The maximum absolute atomic E-state index is 11.7. The van der Waals surface area contributed by atoms with Crippen LogP contribution in [0.15, 0.2) is 18.2 Å². The molecule has 1 aromatic carbocycles. The van der Waals surface area contributed by atoms with E-state index in [1.165, 1.54) is 36.6 Å². The van der Waals surface area contributed by atoms with Crippen molar-refractivity contribution in [3.05, 3.63) is 34.9 Å². The van der Waals surface area contributed by atoms with Crippen LogP contribution in [-0.2, 0) is 26.8 Å². The Morgan fingerprint density at radius 3 is 1.96 bits per heavy atom. The highest BCUT2D eigenvalue weighted by atomic mass is 16.5. The number of carbonyl (C=O) groups is 1. The number of methoxy groups -OCH3 is 1.